The van der Waals surface area contributed by atoms with Crippen molar-refractivity contribution in [3.05, 3.63) is 77.1 Å². The van der Waals surface area contributed by atoms with Crippen LogP contribution in [0.2, 0.25) is 0 Å². The lowest BCUT2D eigenvalue weighted by Gasteiger charge is -2.27. The maximum Gasteiger partial charge on any atom is 0.309 e. The number of aromatic nitrogens is 1. The number of carboxylic acid groups (broad SMARTS) is 1. The number of pyridine rings is 1. The second-order valence-corrected chi connectivity index (χ2v) is 8.02. The molecule has 0 saturated heterocycles. The first kappa shape index (κ1) is 22.7. The smallest absolute Gasteiger partial charge is 0.309 e. The third kappa shape index (κ3) is 4.52. The molecular weight excluding hydrogens is 432 g/mol. The molecule has 0 fully saturated rings. The maximum absolute atomic E-state index is 15.0. The molecule has 172 valence electrons. The minimum atomic E-state index is -1.20. The Balaban J connectivity index is 1.60. The minimum Gasteiger partial charge on any atom is -0.497 e. The zero-order chi connectivity index (χ0) is 23.7. The Kier molecular flexibility index (Phi) is 6.29. The number of fused-ring (bicyclic) bond motifs is 1. The van der Waals surface area contributed by atoms with Crippen LogP contribution in [-0.2, 0) is 11.2 Å². The van der Waals surface area contributed by atoms with Gasteiger partial charge in [-0.1, -0.05) is 12.1 Å². The van der Waals surface area contributed by atoms with E-state index in [4.69, 9.17) is 14.6 Å². The standard InChI is InChI=1S/C25H23F2NO5/c1-13(25(30)31)24(29)15-4-3-14-5-8-21(33-22(14)10-15)23-20(27)9-16(12-28-23)18-11-17(32-2)6-7-19(18)26/h3-4,6-7,9-13,21,24,29H,5,8H2,1-2H3,(H,30,31)/t13-,21?,24+/m0/s1. The normalized spacial score (nSPS) is 16.9. The van der Waals surface area contributed by atoms with Crippen LogP contribution in [0.1, 0.15) is 42.4 Å². The van der Waals surface area contributed by atoms with Gasteiger partial charge in [0.05, 0.1) is 19.1 Å². The summed E-state index contributed by atoms with van der Waals surface area (Å²) in [5, 5.41) is 19.5. The van der Waals surface area contributed by atoms with E-state index in [2.05, 4.69) is 4.98 Å². The van der Waals surface area contributed by atoms with Gasteiger partial charge in [0, 0.05) is 17.3 Å². The van der Waals surface area contributed by atoms with Crippen molar-refractivity contribution in [3.8, 4) is 22.6 Å². The predicted molar refractivity (Wildman–Crippen MR) is 116 cm³/mol. The van der Waals surface area contributed by atoms with Crippen LogP contribution in [0.25, 0.3) is 11.1 Å². The molecule has 0 amide bonds. The number of methoxy groups -OCH3 is 1. The zero-order valence-corrected chi connectivity index (χ0v) is 18.1. The van der Waals surface area contributed by atoms with Crippen LogP contribution in [0.3, 0.4) is 0 Å². The number of aliphatic hydroxyl groups is 1. The summed E-state index contributed by atoms with van der Waals surface area (Å²) in [5.74, 6) is -2.36. The van der Waals surface area contributed by atoms with Gasteiger partial charge in [-0.05, 0) is 61.2 Å². The first-order valence-electron chi connectivity index (χ1n) is 10.5. The Morgan fingerprint density at radius 3 is 2.67 bits per heavy atom. The number of aliphatic hydroxyl groups excluding tert-OH is 1. The van der Waals surface area contributed by atoms with Crippen molar-refractivity contribution in [1.29, 1.82) is 0 Å². The summed E-state index contributed by atoms with van der Waals surface area (Å²) in [6, 6.07) is 10.5. The second-order valence-electron chi connectivity index (χ2n) is 8.02. The Labute approximate surface area is 189 Å². The molecule has 0 saturated carbocycles. The molecule has 0 bridgehead atoms. The van der Waals surface area contributed by atoms with Crippen molar-refractivity contribution < 1.29 is 33.3 Å². The lowest BCUT2D eigenvalue weighted by Crippen LogP contribution is -2.20. The Morgan fingerprint density at radius 2 is 1.97 bits per heavy atom. The summed E-state index contributed by atoms with van der Waals surface area (Å²) in [4.78, 5) is 15.4. The summed E-state index contributed by atoms with van der Waals surface area (Å²) in [7, 11) is 1.46. The molecule has 0 spiro atoms. The van der Waals surface area contributed by atoms with Crippen LogP contribution in [0, 0.1) is 17.6 Å². The quantitative estimate of drug-likeness (QED) is 0.552. The topological polar surface area (TPSA) is 88.9 Å². The average Bonchev–Trinajstić information content (AvgIpc) is 2.82. The molecule has 2 N–H and O–H groups in total. The molecule has 0 aliphatic carbocycles. The van der Waals surface area contributed by atoms with E-state index in [1.165, 1.54) is 44.5 Å². The number of carboxylic acids is 1. The van der Waals surface area contributed by atoms with Crippen molar-refractivity contribution >= 4 is 5.97 Å². The van der Waals surface area contributed by atoms with Gasteiger partial charge in [-0.3, -0.25) is 9.78 Å². The molecule has 1 aliphatic heterocycles. The molecular formula is C25H23F2NO5. The minimum absolute atomic E-state index is 0.0950. The summed E-state index contributed by atoms with van der Waals surface area (Å²) in [5.41, 5.74) is 1.82. The van der Waals surface area contributed by atoms with E-state index in [1.807, 2.05) is 0 Å². The summed E-state index contributed by atoms with van der Waals surface area (Å²) >= 11 is 0. The summed E-state index contributed by atoms with van der Waals surface area (Å²) in [6.07, 6.45) is 0.592. The third-order valence-corrected chi connectivity index (χ3v) is 5.90. The number of hydrogen-bond donors (Lipinski definition) is 2. The fourth-order valence-electron chi connectivity index (χ4n) is 3.87. The highest BCUT2D eigenvalue weighted by Crippen LogP contribution is 2.38. The Morgan fingerprint density at radius 1 is 1.18 bits per heavy atom. The maximum atomic E-state index is 15.0. The van der Waals surface area contributed by atoms with Crippen LogP contribution in [0.15, 0.2) is 48.7 Å². The van der Waals surface area contributed by atoms with Gasteiger partial charge in [0.25, 0.3) is 0 Å². The van der Waals surface area contributed by atoms with Crippen LogP contribution in [0.4, 0.5) is 8.78 Å². The molecule has 6 nitrogen and oxygen atoms in total. The van der Waals surface area contributed by atoms with E-state index in [9.17, 15) is 14.3 Å². The number of rotatable bonds is 6. The molecule has 0 radical (unpaired) electrons. The number of carbonyl (C=O) groups is 1. The number of ether oxygens (including phenoxy) is 2. The Bertz CT molecular complexity index is 1200. The lowest BCUT2D eigenvalue weighted by atomic mass is 9.93. The van der Waals surface area contributed by atoms with E-state index in [0.29, 0.717) is 29.9 Å². The van der Waals surface area contributed by atoms with E-state index in [0.717, 1.165) is 5.56 Å². The summed E-state index contributed by atoms with van der Waals surface area (Å²) in [6.45, 7) is 1.42. The lowest BCUT2D eigenvalue weighted by molar-refractivity contribution is -0.145. The first-order chi connectivity index (χ1) is 15.8. The Hall–Kier alpha value is -3.52. The number of halogens is 2. The van der Waals surface area contributed by atoms with Gasteiger partial charge in [0.15, 0.2) is 0 Å². The van der Waals surface area contributed by atoms with Gasteiger partial charge in [0.2, 0.25) is 0 Å². The summed E-state index contributed by atoms with van der Waals surface area (Å²) < 4.78 is 40.4. The molecule has 1 aromatic heterocycles. The zero-order valence-electron chi connectivity index (χ0n) is 18.1. The molecule has 8 heteroatoms. The largest absolute Gasteiger partial charge is 0.497 e. The van der Waals surface area contributed by atoms with Crippen LogP contribution in [0.5, 0.6) is 11.5 Å². The fraction of sp³-hybridized carbons (Fsp3) is 0.280. The number of benzene rings is 2. The predicted octanol–water partition coefficient (Wildman–Crippen LogP) is 4.86. The molecule has 1 unspecified atom stereocenters. The fourth-order valence-corrected chi connectivity index (χ4v) is 3.87. The van der Waals surface area contributed by atoms with E-state index in [-0.39, 0.29) is 16.8 Å². The highest BCUT2D eigenvalue weighted by molar-refractivity contribution is 5.70. The third-order valence-electron chi connectivity index (χ3n) is 5.90. The van der Waals surface area contributed by atoms with Gasteiger partial charge in [-0.25, -0.2) is 8.78 Å². The van der Waals surface area contributed by atoms with Gasteiger partial charge in [0.1, 0.15) is 34.9 Å². The van der Waals surface area contributed by atoms with E-state index < -0.39 is 35.7 Å². The molecule has 3 aromatic rings. The van der Waals surface area contributed by atoms with Crippen molar-refractivity contribution in [2.45, 2.75) is 32.0 Å². The molecule has 3 atom stereocenters. The molecule has 2 aromatic carbocycles. The van der Waals surface area contributed by atoms with Gasteiger partial charge in [-0.15, -0.1) is 0 Å². The number of aliphatic carboxylic acids is 1. The molecule has 2 heterocycles. The average molecular weight is 455 g/mol. The van der Waals surface area contributed by atoms with E-state index in [1.54, 1.807) is 18.2 Å². The molecule has 33 heavy (non-hydrogen) atoms. The van der Waals surface area contributed by atoms with Crippen molar-refractivity contribution in [2.24, 2.45) is 5.92 Å². The highest BCUT2D eigenvalue weighted by atomic mass is 19.1. The molecule has 1 aliphatic rings. The van der Waals surface area contributed by atoms with Crippen molar-refractivity contribution in [1.82, 2.24) is 4.98 Å². The highest BCUT2D eigenvalue weighted by Gasteiger charge is 2.28. The van der Waals surface area contributed by atoms with Gasteiger partial charge >= 0.3 is 5.97 Å². The number of hydrogen-bond acceptors (Lipinski definition) is 5. The monoisotopic (exact) mass is 455 g/mol. The van der Waals surface area contributed by atoms with E-state index >= 15 is 4.39 Å². The van der Waals surface area contributed by atoms with Crippen molar-refractivity contribution in [3.63, 3.8) is 0 Å². The second kappa shape index (κ2) is 9.15. The first-order valence-corrected chi connectivity index (χ1v) is 10.5. The van der Waals surface area contributed by atoms with Crippen LogP contribution >= 0.6 is 0 Å². The van der Waals surface area contributed by atoms with Crippen LogP contribution in [-0.4, -0.2) is 28.3 Å². The SMILES string of the molecule is COc1ccc(F)c(-c2cnc(C3CCc4ccc([C@H](O)[C@H](C)C(=O)O)cc4O3)c(F)c2)c1. The van der Waals surface area contributed by atoms with Gasteiger partial charge in [-0.2, -0.15) is 0 Å². The number of aryl methyl sites for hydroxylation is 1. The number of nitrogens with zero attached hydrogens (tertiary/aromatic N) is 1. The molecule has 4 rings (SSSR count). The van der Waals surface area contributed by atoms with Crippen molar-refractivity contribution in [2.75, 3.05) is 7.11 Å². The van der Waals surface area contributed by atoms with Gasteiger partial charge < -0.3 is 19.7 Å². The van der Waals surface area contributed by atoms with Crippen LogP contribution < -0.4 is 9.47 Å².